The average molecular weight is 289 g/mol. The standard InChI is InChI=1S/C14H12FN3OS/c1-19-11-6-9(15)5-10(7-11)17-8-13-18-12-3-2-4-16-14(12)20-13/h2-7,17H,8H2,1H3. The van der Waals surface area contributed by atoms with Gasteiger partial charge in [-0.2, -0.15) is 0 Å². The highest BCUT2D eigenvalue weighted by atomic mass is 32.1. The van der Waals surface area contributed by atoms with Crippen molar-refractivity contribution in [2.75, 3.05) is 12.4 Å². The Hall–Kier alpha value is -2.21. The number of nitrogens with one attached hydrogen (secondary N) is 1. The number of methoxy groups -OCH3 is 1. The van der Waals surface area contributed by atoms with E-state index in [-0.39, 0.29) is 5.82 Å². The number of aromatic nitrogens is 2. The van der Waals surface area contributed by atoms with Crippen molar-refractivity contribution < 1.29 is 9.13 Å². The van der Waals surface area contributed by atoms with Crippen molar-refractivity contribution in [2.45, 2.75) is 6.54 Å². The molecule has 0 aliphatic carbocycles. The van der Waals surface area contributed by atoms with Gasteiger partial charge >= 0.3 is 0 Å². The third-order valence-corrected chi connectivity index (χ3v) is 3.74. The molecule has 4 nitrogen and oxygen atoms in total. The van der Waals surface area contributed by atoms with Crippen LogP contribution in [0.4, 0.5) is 10.1 Å². The van der Waals surface area contributed by atoms with Crippen molar-refractivity contribution in [3.8, 4) is 5.75 Å². The number of anilines is 1. The summed E-state index contributed by atoms with van der Waals surface area (Å²) in [5, 5.41) is 4.04. The smallest absolute Gasteiger partial charge is 0.143 e. The molecule has 20 heavy (non-hydrogen) atoms. The molecule has 0 saturated carbocycles. The summed E-state index contributed by atoms with van der Waals surface area (Å²) in [6.45, 7) is 0.521. The summed E-state index contributed by atoms with van der Waals surface area (Å²) in [4.78, 5) is 9.61. The topological polar surface area (TPSA) is 47.0 Å². The van der Waals surface area contributed by atoms with E-state index in [2.05, 4.69) is 15.3 Å². The number of hydrogen-bond donors (Lipinski definition) is 1. The molecule has 0 radical (unpaired) electrons. The number of thiazole rings is 1. The van der Waals surface area contributed by atoms with E-state index in [9.17, 15) is 4.39 Å². The monoisotopic (exact) mass is 289 g/mol. The molecular weight excluding hydrogens is 277 g/mol. The second kappa shape index (κ2) is 5.42. The van der Waals surface area contributed by atoms with Crippen molar-refractivity contribution in [3.63, 3.8) is 0 Å². The van der Waals surface area contributed by atoms with E-state index in [0.717, 1.165) is 15.4 Å². The van der Waals surface area contributed by atoms with Gasteiger partial charge in [0.25, 0.3) is 0 Å². The fraction of sp³-hybridized carbons (Fsp3) is 0.143. The van der Waals surface area contributed by atoms with Gasteiger partial charge in [-0.3, -0.25) is 0 Å². The predicted octanol–water partition coefficient (Wildman–Crippen LogP) is 3.45. The van der Waals surface area contributed by atoms with E-state index in [1.807, 2.05) is 12.1 Å². The van der Waals surface area contributed by atoms with Gasteiger partial charge in [-0.15, -0.1) is 0 Å². The van der Waals surface area contributed by atoms with Crippen LogP contribution in [0.2, 0.25) is 0 Å². The summed E-state index contributed by atoms with van der Waals surface area (Å²) in [5.74, 6) is 0.149. The van der Waals surface area contributed by atoms with Gasteiger partial charge in [0.1, 0.15) is 26.9 Å². The molecule has 0 amide bonds. The van der Waals surface area contributed by atoms with E-state index < -0.39 is 0 Å². The van der Waals surface area contributed by atoms with Crippen LogP contribution in [-0.2, 0) is 6.54 Å². The van der Waals surface area contributed by atoms with Crippen LogP contribution < -0.4 is 10.1 Å². The summed E-state index contributed by atoms with van der Waals surface area (Å²) in [5.41, 5.74) is 1.54. The minimum absolute atomic E-state index is 0.335. The van der Waals surface area contributed by atoms with Crippen molar-refractivity contribution >= 4 is 27.4 Å². The molecule has 0 saturated heterocycles. The molecule has 0 aliphatic rings. The minimum atomic E-state index is -0.335. The first kappa shape index (κ1) is 12.8. The Labute approximate surface area is 119 Å². The highest BCUT2D eigenvalue weighted by molar-refractivity contribution is 7.18. The Morgan fingerprint density at radius 2 is 2.25 bits per heavy atom. The van der Waals surface area contributed by atoms with Gasteiger partial charge in [0, 0.05) is 24.0 Å². The van der Waals surface area contributed by atoms with Crippen LogP contribution in [-0.4, -0.2) is 17.1 Å². The van der Waals surface area contributed by atoms with Crippen molar-refractivity contribution in [1.29, 1.82) is 0 Å². The molecule has 3 aromatic rings. The molecule has 0 spiro atoms. The van der Waals surface area contributed by atoms with Crippen molar-refractivity contribution in [3.05, 3.63) is 47.4 Å². The Kier molecular flexibility index (Phi) is 3.47. The maximum atomic E-state index is 13.4. The molecule has 3 rings (SSSR count). The predicted molar refractivity (Wildman–Crippen MR) is 77.7 cm³/mol. The van der Waals surface area contributed by atoms with E-state index in [4.69, 9.17) is 4.74 Å². The zero-order valence-electron chi connectivity index (χ0n) is 10.8. The number of pyridine rings is 1. The molecule has 1 N–H and O–H groups in total. The molecule has 0 unspecified atom stereocenters. The van der Waals surface area contributed by atoms with Gasteiger partial charge in [-0.05, 0) is 18.2 Å². The Bertz CT molecular complexity index is 711. The molecule has 0 atom stereocenters. The maximum absolute atomic E-state index is 13.4. The zero-order valence-corrected chi connectivity index (χ0v) is 11.6. The molecule has 0 aliphatic heterocycles. The lowest BCUT2D eigenvalue weighted by molar-refractivity contribution is 0.411. The second-order valence-corrected chi connectivity index (χ2v) is 5.23. The number of benzene rings is 1. The number of halogens is 1. The van der Waals surface area contributed by atoms with Crippen LogP contribution in [0.25, 0.3) is 10.3 Å². The molecule has 6 heteroatoms. The lowest BCUT2D eigenvalue weighted by Crippen LogP contribution is -1.99. The van der Waals surface area contributed by atoms with Gasteiger partial charge in [0.05, 0.1) is 13.7 Å². The van der Waals surface area contributed by atoms with Gasteiger partial charge in [0.2, 0.25) is 0 Å². The normalized spacial score (nSPS) is 10.7. The zero-order chi connectivity index (χ0) is 13.9. The molecule has 1 aromatic carbocycles. The first-order valence-electron chi connectivity index (χ1n) is 6.03. The van der Waals surface area contributed by atoms with Gasteiger partial charge in [-0.1, -0.05) is 11.3 Å². The summed E-state index contributed by atoms with van der Waals surface area (Å²) in [6, 6.07) is 8.29. The first-order chi connectivity index (χ1) is 9.74. The lowest BCUT2D eigenvalue weighted by atomic mass is 10.3. The number of hydrogen-bond acceptors (Lipinski definition) is 5. The fourth-order valence-electron chi connectivity index (χ4n) is 1.85. The number of ether oxygens (including phenoxy) is 1. The highest BCUT2D eigenvalue weighted by Gasteiger charge is 2.05. The van der Waals surface area contributed by atoms with Crippen LogP contribution in [0.5, 0.6) is 5.75 Å². The van der Waals surface area contributed by atoms with E-state index in [1.54, 1.807) is 12.3 Å². The number of nitrogens with zero attached hydrogens (tertiary/aromatic N) is 2. The van der Waals surface area contributed by atoms with Crippen LogP contribution in [0, 0.1) is 5.82 Å². The Morgan fingerprint density at radius 1 is 1.35 bits per heavy atom. The summed E-state index contributed by atoms with van der Waals surface area (Å²) < 4.78 is 18.4. The van der Waals surface area contributed by atoms with Gasteiger partial charge < -0.3 is 10.1 Å². The number of rotatable bonds is 4. The highest BCUT2D eigenvalue weighted by Crippen LogP contribution is 2.23. The third kappa shape index (κ3) is 2.70. The summed E-state index contributed by atoms with van der Waals surface area (Å²) in [7, 11) is 1.51. The SMILES string of the molecule is COc1cc(F)cc(NCc2nc3cccnc3s2)c1. The van der Waals surface area contributed by atoms with E-state index >= 15 is 0 Å². The average Bonchev–Trinajstić information content (AvgIpc) is 2.87. The lowest BCUT2D eigenvalue weighted by Gasteiger charge is -2.07. The number of fused-ring (bicyclic) bond motifs is 1. The second-order valence-electron chi connectivity index (χ2n) is 4.17. The van der Waals surface area contributed by atoms with E-state index in [1.165, 1.54) is 30.6 Å². The Balaban J connectivity index is 1.77. The minimum Gasteiger partial charge on any atom is -0.497 e. The molecule has 2 heterocycles. The maximum Gasteiger partial charge on any atom is 0.143 e. The van der Waals surface area contributed by atoms with Gasteiger partial charge in [-0.25, -0.2) is 14.4 Å². The molecule has 0 fully saturated rings. The quantitative estimate of drug-likeness (QED) is 0.799. The van der Waals surface area contributed by atoms with Gasteiger partial charge in [0.15, 0.2) is 0 Å². The van der Waals surface area contributed by atoms with E-state index in [0.29, 0.717) is 18.0 Å². The third-order valence-electron chi connectivity index (χ3n) is 2.76. The van der Waals surface area contributed by atoms with Crippen molar-refractivity contribution in [2.24, 2.45) is 0 Å². The Morgan fingerprint density at radius 3 is 3.05 bits per heavy atom. The largest absolute Gasteiger partial charge is 0.497 e. The summed E-state index contributed by atoms with van der Waals surface area (Å²) in [6.07, 6.45) is 1.75. The van der Waals surface area contributed by atoms with Crippen LogP contribution in [0.3, 0.4) is 0 Å². The van der Waals surface area contributed by atoms with Crippen molar-refractivity contribution in [1.82, 2.24) is 9.97 Å². The van der Waals surface area contributed by atoms with Crippen LogP contribution in [0.1, 0.15) is 5.01 Å². The molecule has 2 aromatic heterocycles. The van der Waals surface area contributed by atoms with Crippen LogP contribution >= 0.6 is 11.3 Å². The molecular formula is C14H12FN3OS. The molecule has 102 valence electrons. The summed E-state index contributed by atoms with van der Waals surface area (Å²) >= 11 is 1.52. The fourth-order valence-corrected chi connectivity index (χ4v) is 2.69. The first-order valence-corrected chi connectivity index (χ1v) is 6.85. The van der Waals surface area contributed by atoms with Crippen LogP contribution in [0.15, 0.2) is 36.5 Å². The molecule has 0 bridgehead atoms.